The Balaban J connectivity index is 1.45. The van der Waals surface area contributed by atoms with Gasteiger partial charge >= 0.3 is 5.97 Å². The minimum atomic E-state index is -0.858. The van der Waals surface area contributed by atoms with E-state index in [1.54, 1.807) is 4.90 Å². The summed E-state index contributed by atoms with van der Waals surface area (Å²) in [6.45, 7) is 4.03. The third-order valence-corrected chi connectivity index (χ3v) is 4.68. The van der Waals surface area contributed by atoms with Gasteiger partial charge in [0.1, 0.15) is 0 Å². The van der Waals surface area contributed by atoms with Gasteiger partial charge in [0.15, 0.2) is 0 Å². The van der Waals surface area contributed by atoms with Gasteiger partial charge in [0, 0.05) is 39.1 Å². The Kier molecular flexibility index (Phi) is 4.43. The van der Waals surface area contributed by atoms with E-state index in [0.717, 1.165) is 32.5 Å². The molecule has 0 radical (unpaired) electrons. The van der Waals surface area contributed by atoms with E-state index in [0.29, 0.717) is 13.1 Å². The first-order valence-electron chi connectivity index (χ1n) is 7.93. The van der Waals surface area contributed by atoms with Crippen LogP contribution in [0, 0.1) is 5.92 Å². The lowest BCUT2D eigenvalue weighted by atomic mass is 10.00. The van der Waals surface area contributed by atoms with E-state index >= 15 is 0 Å². The third-order valence-electron chi connectivity index (χ3n) is 4.68. The first-order valence-corrected chi connectivity index (χ1v) is 7.93. The number of carbonyl (C=O) groups excluding carboxylic acids is 1. The van der Waals surface area contributed by atoms with Gasteiger partial charge in [0.05, 0.1) is 5.92 Å². The average Bonchev–Trinajstić information content (AvgIpc) is 2.89. The van der Waals surface area contributed by atoms with E-state index in [4.69, 9.17) is 5.11 Å². The first-order chi connectivity index (χ1) is 10.6. The molecule has 1 fully saturated rings. The summed E-state index contributed by atoms with van der Waals surface area (Å²) < 4.78 is 0. The molecule has 5 heteroatoms. The van der Waals surface area contributed by atoms with Crippen LogP contribution in [-0.4, -0.2) is 53.0 Å². The number of aliphatic carboxylic acids is 1. The number of likely N-dealkylation sites (tertiary alicyclic amines) is 1. The largest absolute Gasteiger partial charge is 0.481 e. The topological polar surface area (TPSA) is 60.9 Å². The molecule has 1 amide bonds. The minimum Gasteiger partial charge on any atom is -0.481 e. The van der Waals surface area contributed by atoms with Crippen LogP contribution in [-0.2, 0) is 22.6 Å². The summed E-state index contributed by atoms with van der Waals surface area (Å²) in [6, 6.07) is 8.55. The molecule has 118 valence electrons. The van der Waals surface area contributed by atoms with E-state index in [9.17, 15) is 9.59 Å². The summed E-state index contributed by atoms with van der Waals surface area (Å²) in [7, 11) is 0. The Morgan fingerprint density at radius 3 is 2.73 bits per heavy atom. The van der Waals surface area contributed by atoms with Crippen LogP contribution < -0.4 is 0 Å². The molecular formula is C17H22N2O3. The van der Waals surface area contributed by atoms with E-state index < -0.39 is 11.9 Å². The van der Waals surface area contributed by atoms with Crippen LogP contribution in [0.15, 0.2) is 24.3 Å². The van der Waals surface area contributed by atoms with Crippen molar-refractivity contribution in [2.75, 3.05) is 26.2 Å². The second-order valence-electron chi connectivity index (χ2n) is 6.23. The van der Waals surface area contributed by atoms with Crippen molar-refractivity contribution in [2.24, 2.45) is 5.92 Å². The molecule has 0 aliphatic carbocycles. The van der Waals surface area contributed by atoms with Gasteiger partial charge < -0.3 is 10.0 Å². The van der Waals surface area contributed by atoms with Crippen molar-refractivity contribution in [3.63, 3.8) is 0 Å². The van der Waals surface area contributed by atoms with Gasteiger partial charge in [0.2, 0.25) is 5.91 Å². The van der Waals surface area contributed by atoms with Crippen molar-refractivity contribution < 1.29 is 14.7 Å². The van der Waals surface area contributed by atoms with Gasteiger partial charge in [0.25, 0.3) is 0 Å². The smallest absolute Gasteiger partial charge is 0.308 e. The number of hydrogen-bond acceptors (Lipinski definition) is 3. The van der Waals surface area contributed by atoms with Crippen molar-refractivity contribution in [3.05, 3.63) is 35.4 Å². The fourth-order valence-electron chi connectivity index (χ4n) is 3.38. The molecule has 0 spiro atoms. The van der Waals surface area contributed by atoms with E-state index in [-0.39, 0.29) is 12.3 Å². The molecule has 22 heavy (non-hydrogen) atoms. The second kappa shape index (κ2) is 6.48. The van der Waals surface area contributed by atoms with Crippen LogP contribution in [0.5, 0.6) is 0 Å². The molecule has 5 nitrogen and oxygen atoms in total. The molecule has 1 unspecified atom stereocenters. The zero-order valence-corrected chi connectivity index (χ0v) is 12.7. The van der Waals surface area contributed by atoms with Crippen molar-refractivity contribution in [3.8, 4) is 0 Å². The van der Waals surface area contributed by atoms with Gasteiger partial charge in [-0.2, -0.15) is 0 Å². The van der Waals surface area contributed by atoms with Gasteiger partial charge in [-0.05, 0) is 24.0 Å². The molecule has 2 aliphatic heterocycles. The number of benzene rings is 1. The molecule has 1 N–H and O–H groups in total. The van der Waals surface area contributed by atoms with E-state index in [1.807, 2.05) is 0 Å². The predicted octanol–water partition coefficient (Wildman–Crippen LogP) is 1.37. The number of carboxylic acid groups (broad SMARTS) is 1. The highest BCUT2D eigenvalue weighted by atomic mass is 16.4. The third kappa shape index (κ3) is 3.30. The molecule has 1 aromatic rings. The van der Waals surface area contributed by atoms with Crippen molar-refractivity contribution in [1.82, 2.24) is 9.80 Å². The maximum absolute atomic E-state index is 11.8. The summed E-state index contributed by atoms with van der Waals surface area (Å²) in [5.41, 5.74) is 2.84. The number of hydrogen-bond donors (Lipinski definition) is 1. The van der Waals surface area contributed by atoms with Crippen LogP contribution in [0.1, 0.15) is 24.0 Å². The standard InChI is InChI=1S/C17H22N2O3/c20-16-10-15(17(21)22)12-19(16)8-3-7-18-9-6-13-4-1-2-5-14(13)11-18/h1-2,4-5,15H,3,6-12H2,(H,21,22). The second-order valence-corrected chi connectivity index (χ2v) is 6.23. The van der Waals surface area contributed by atoms with Gasteiger partial charge in [-0.25, -0.2) is 0 Å². The monoisotopic (exact) mass is 302 g/mol. The van der Waals surface area contributed by atoms with Crippen molar-refractivity contribution >= 4 is 11.9 Å². The molecule has 1 aromatic carbocycles. The van der Waals surface area contributed by atoms with Crippen LogP contribution in [0.4, 0.5) is 0 Å². The zero-order valence-electron chi connectivity index (χ0n) is 12.7. The Morgan fingerprint density at radius 1 is 1.23 bits per heavy atom. The SMILES string of the molecule is O=C(O)C1CC(=O)N(CCCN2CCc3ccccc3C2)C1. The molecule has 0 aromatic heterocycles. The predicted molar refractivity (Wildman–Crippen MR) is 82.4 cm³/mol. The Morgan fingerprint density at radius 2 is 2.00 bits per heavy atom. The first kappa shape index (κ1) is 15.0. The fraction of sp³-hybridized carbons (Fsp3) is 0.529. The lowest BCUT2D eigenvalue weighted by Crippen LogP contribution is -2.34. The zero-order chi connectivity index (χ0) is 15.5. The molecule has 3 rings (SSSR count). The number of nitrogens with zero attached hydrogens (tertiary/aromatic N) is 2. The lowest BCUT2D eigenvalue weighted by Gasteiger charge is -2.29. The number of carbonyl (C=O) groups is 2. The highest BCUT2D eigenvalue weighted by molar-refractivity contribution is 5.86. The molecule has 2 aliphatic rings. The van der Waals surface area contributed by atoms with Crippen LogP contribution in [0.2, 0.25) is 0 Å². The van der Waals surface area contributed by atoms with Gasteiger partial charge in [-0.15, -0.1) is 0 Å². The summed E-state index contributed by atoms with van der Waals surface area (Å²) in [4.78, 5) is 26.8. The Labute approximate surface area is 130 Å². The summed E-state index contributed by atoms with van der Waals surface area (Å²) >= 11 is 0. The summed E-state index contributed by atoms with van der Waals surface area (Å²) in [6.07, 6.45) is 2.15. The van der Waals surface area contributed by atoms with Crippen LogP contribution in [0.3, 0.4) is 0 Å². The highest BCUT2D eigenvalue weighted by Gasteiger charge is 2.33. The average molecular weight is 302 g/mol. The minimum absolute atomic E-state index is 0.0172. The van der Waals surface area contributed by atoms with Crippen molar-refractivity contribution in [1.29, 1.82) is 0 Å². The highest BCUT2D eigenvalue weighted by Crippen LogP contribution is 2.20. The summed E-state index contributed by atoms with van der Waals surface area (Å²) in [5, 5.41) is 8.98. The fourth-order valence-corrected chi connectivity index (χ4v) is 3.38. The molecule has 1 saturated heterocycles. The molecule has 2 heterocycles. The normalized spacial score (nSPS) is 21.9. The Bertz CT molecular complexity index is 573. The lowest BCUT2D eigenvalue weighted by molar-refractivity contribution is -0.141. The molecular weight excluding hydrogens is 280 g/mol. The van der Waals surface area contributed by atoms with Gasteiger partial charge in [-0.1, -0.05) is 24.3 Å². The molecule has 0 saturated carbocycles. The quantitative estimate of drug-likeness (QED) is 0.892. The van der Waals surface area contributed by atoms with Crippen molar-refractivity contribution in [2.45, 2.75) is 25.8 Å². The van der Waals surface area contributed by atoms with Crippen LogP contribution >= 0.6 is 0 Å². The van der Waals surface area contributed by atoms with E-state index in [1.165, 1.54) is 11.1 Å². The van der Waals surface area contributed by atoms with E-state index in [2.05, 4.69) is 29.2 Å². The number of rotatable bonds is 5. The number of fused-ring (bicyclic) bond motifs is 1. The van der Waals surface area contributed by atoms with Gasteiger partial charge in [-0.3, -0.25) is 14.5 Å². The maximum Gasteiger partial charge on any atom is 0.308 e. The number of carboxylic acids is 1. The Hall–Kier alpha value is -1.88. The van der Waals surface area contributed by atoms with Crippen LogP contribution in [0.25, 0.3) is 0 Å². The molecule has 1 atom stereocenters. The molecule has 0 bridgehead atoms. The number of amides is 1. The summed E-state index contributed by atoms with van der Waals surface area (Å²) in [5.74, 6) is -1.39. The maximum atomic E-state index is 11.8.